The highest BCUT2D eigenvalue weighted by Crippen LogP contribution is 2.14. The van der Waals surface area contributed by atoms with E-state index in [1.54, 1.807) is 0 Å². The summed E-state index contributed by atoms with van der Waals surface area (Å²) in [4.78, 5) is 21.8. The molecule has 2 amide bonds. The van der Waals surface area contributed by atoms with E-state index in [1.165, 1.54) is 6.08 Å². The number of benzene rings is 1. The molecule has 0 spiro atoms. The fourth-order valence-corrected chi connectivity index (χ4v) is 1.55. The quantitative estimate of drug-likeness (QED) is 0.711. The summed E-state index contributed by atoms with van der Waals surface area (Å²) in [5, 5.41) is 14.0. The van der Waals surface area contributed by atoms with Gasteiger partial charge in [-0.05, 0) is 31.1 Å². The lowest BCUT2D eigenvalue weighted by Gasteiger charge is -2.14. The van der Waals surface area contributed by atoms with Crippen LogP contribution in [0, 0.1) is 0 Å². The Hall–Kier alpha value is -2.30. The monoisotopic (exact) mass is 262 g/mol. The first-order chi connectivity index (χ1) is 9.02. The number of rotatable bonds is 5. The molecule has 1 unspecified atom stereocenters. The van der Waals surface area contributed by atoms with Crippen molar-refractivity contribution in [1.82, 2.24) is 10.6 Å². The van der Waals surface area contributed by atoms with Crippen LogP contribution >= 0.6 is 0 Å². The van der Waals surface area contributed by atoms with Crippen molar-refractivity contribution in [3.05, 3.63) is 41.5 Å². The minimum Gasteiger partial charge on any atom is -0.478 e. The summed E-state index contributed by atoms with van der Waals surface area (Å²) in [5.41, 5.74) is 1.76. The number of carbonyl (C=O) groups is 2. The number of aliphatic carboxylic acids is 1. The first-order valence-corrected chi connectivity index (χ1v) is 6.08. The Morgan fingerprint density at radius 2 is 1.95 bits per heavy atom. The minimum absolute atomic E-state index is 0.107. The van der Waals surface area contributed by atoms with Gasteiger partial charge in [0.25, 0.3) is 0 Å². The maximum Gasteiger partial charge on any atom is 0.328 e. The van der Waals surface area contributed by atoms with E-state index >= 15 is 0 Å². The van der Waals surface area contributed by atoms with Gasteiger partial charge in [-0.2, -0.15) is 0 Å². The van der Waals surface area contributed by atoms with Crippen LogP contribution in [-0.2, 0) is 4.79 Å². The molecule has 19 heavy (non-hydrogen) atoms. The van der Waals surface area contributed by atoms with Crippen LogP contribution in [0.15, 0.2) is 30.3 Å². The van der Waals surface area contributed by atoms with Crippen molar-refractivity contribution in [3.63, 3.8) is 0 Å². The maximum absolute atomic E-state index is 11.4. The number of hydrogen-bond donors (Lipinski definition) is 3. The Bertz CT molecular complexity index is 466. The second kappa shape index (κ2) is 7.20. The van der Waals surface area contributed by atoms with Gasteiger partial charge in [0.05, 0.1) is 6.04 Å². The zero-order valence-electron chi connectivity index (χ0n) is 11.0. The Morgan fingerprint density at radius 3 is 2.47 bits per heavy atom. The van der Waals surface area contributed by atoms with E-state index in [4.69, 9.17) is 5.11 Å². The molecule has 1 atom stereocenters. The van der Waals surface area contributed by atoms with Gasteiger partial charge in [-0.1, -0.05) is 24.3 Å². The molecule has 1 aromatic rings. The van der Waals surface area contributed by atoms with Crippen molar-refractivity contribution >= 4 is 18.1 Å². The van der Waals surface area contributed by atoms with Crippen molar-refractivity contribution in [2.24, 2.45) is 0 Å². The molecule has 0 aromatic heterocycles. The van der Waals surface area contributed by atoms with E-state index in [9.17, 15) is 9.59 Å². The fraction of sp³-hybridized carbons (Fsp3) is 0.286. The normalized spacial score (nSPS) is 12.1. The minimum atomic E-state index is -0.977. The molecule has 5 heteroatoms. The Kier molecular flexibility index (Phi) is 5.60. The molecular formula is C14H18N2O3. The van der Waals surface area contributed by atoms with Crippen LogP contribution in [0.1, 0.15) is 31.0 Å². The average molecular weight is 262 g/mol. The van der Waals surface area contributed by atoms with Crippen LogP contribution in [-0.4, -0.2) is 23.7 Å². The fourth-order valence-electron chi connectivity index (χ4n) is 1.55. The molecule has 102 valence electrons. The zero-order chi connectivity index (χ0) is 14.3. The highest BCUT2D eigenvalue weighted by atomic mass is 16.4. The number of urea groups is 1. The van der Waals surface area contributed by atoms with Gasteiger partial charge in [0.2, 0.25) is 0 Å². The van der Waals surface area contributed by atoms with Crippen molar-refractivity contribution in [2.75, 3.05) is 6.54 Å². The van der Waals surface area contributed by atoms with Crippen molar-refractivity contribution < 1.29 is 14.7 Å². The summed E-state index contributed by atoms with van der Waals surface area (Å²) in [5.74, 6) is -0.977. The molecule has 1 rings (SSSR count). The highest BCUT2D eigenvalue weighted by Gasteiger charge is 2.07. The van der Waals surface area contributed by atoms with Crippen molar-refractivity contribution in [2.45, 2.75) is 19.9 Å². The molecule has 0 saturated heterocycles. The summed E-state index contributed by atoms with van der Waals surface area (Å²) in [7, 11) is 0. The molecule has 0 saturated carbocycles. The van der Waals surface area contributed by atoms with Gasteiger partial charge in [0, 0.05) is 12.6 Å². The Labute approximate surface area is 112 Å². The van der Waals surface area contributed by atoms with Gasteiger partial charge in [0.1, 0.15) is 0 Å². The third-order valence-corrected chi connectivity index (χ3v) is 2.54. The molecule has 1 aromatic carbocycles. The number of amides is 2. The van der Waals surface area contributed by atoms with Gasteiger partial charge < -0.3 is 15.7 Å². The summed E-state index contributed by atoms with van der Waals surface area (Å²) >= 11 is 0. The van der Waals surface area contributed by atoms with Crippen LogP contribution in [0.5, 0.6) is 0 Å². The van der Waals surface area contributed by atoms with Crippen LogP contribution < -0.4 is 10.6 Å². The number of hydrogen-bond acceptors (Lipinski definition) is 2. The SMILES string of the molecule is CCNC(=O)NC(C)c1ccc(C=CC(=O)O)cc1. The molecule has 5 nitrogen and oxygen atoms in total. The summed E-state index contributed by atoms with van der Waals surface area (Å²) < 4.78 is 0. The molecule has 0 bridgehead atoms. The molecule has 0 radical (unpaired) electrons. The van der Waals surface area contributed by atoms with Gasteiger partial charge in [-0.3, -0.25) is 0 Å². The molecule has 0 aliphatic carbocycles. The van der Waals surface area contributed by atoms with E-state index < -0.39 is 5.97 Å². The number of carboxylic acid groups (broad SMARTS) is 1. The molecule has 3 N–H and O–H groups in total. The Morgan fingerprint density at radius 1 is 1.32 bits per heavy atom. The summed E-state index contributed by atoms with van der Waals surface area (Å²) in [6.45, 7) is 4.32. The van der Waals surface area contributed by atoms with Gasteiger partial charge in [-0.15, -0.1) is 0 Å². The first-order valence-electron chi connectivity index (χ1n) is 6.08. The number of carbonyl (C=O) groups excluding carboxylic acids is 1. The first kappa shape index (κ1) is 14.8. The smallest absolute Gasteiger partial charge is 0.328 e. The summed E-state index contributed by atoms with van der Waals surface area (Å²) in [6, 6.07) is 7.03. The second-order valence-electron chi connectivity index (χ2n) is 4.06. The highest BCUT2D eigenvalue weighted by molar-refractivity contribution is 5.85. The lowest BCUT2D eigenvalue weighted by Crippen LogP contribution is -2.36. The van der Waals surface area contributed by atoms with Crippen LogP contribution in [0.3, 0.4) is 0 Å². The Balaban J connectivity index is 2.65. The van der Waals surface area contributed by atoms with Gasteiger partial charge in [-0.25, -0.2) is 9.59 Å². The lowest BCUT2D eigenvalue weighted by atomic mass is 10.1. The van der Waals surface area contributed by atoms with Crippen LogP contribution in [0.2, 0.25) is 0 Å². The topological polar surface area (TPSA) is 78.4 Å². The predicted octanol–water partition coefficient (Wildman–Crippen LogP) is 2.16. The molecule has 0 heterocycles. The van der Waals surface area contributed by atoms with Crippen molar-refractivity contribution in [3.8, 4) is 0 Å². The largest absolute Gasteiger partial charge is 0.478 e. The molecule has 0 aliphatic rings. The third-order valence-electron chi connectivity index (χ3n) is 2.54. The lowest BCUT2D eigenvalue weighted by molar-refractivity contribution is -0.131. The summed E-state index contributed by atoms with van der Waals surface area (Å²) in [6.07, 6.45) is 2.61. The van der Waals surface area contributed by atoms with E-state index in [0.717, 1.165) is 17.2 Å². The second-order valence-corrected chi connectivity index (χ2v) is 4.06. The van der Waals surface area contributed by atoms with E-state index in [2.05, 4.69) is 10.6 Å². The van der Waals surface area contributed by atoms with Crippen molar-refractivity contribution in [1.29, 1.82) is 0 Å². The number of carboxylic acids is 1. The van der Waals surface area contributed by atoms with Crippen LogP contribution in [0.25, 0.3) is 6.08 Å². The molecule has 0 fully saturated rings. The van der Waals surface area contributed by atoms with Gasteiger partial charge >= 0.3 is 12.0 Å². The molecular weight excluding hydrogens is 244 g/mol. The van der Waals surface area contributed by atoms with E-state index in [-0.39, 0.29) is 12.1 Å². The maximum atomic E-state index is 11.4. The van der Waals surface area contributed by atoms with E-state index in [0.29, 0.717) is 6.54 Å². The predicted molar refractivity (Wildman–Crippen MR) is 73.7 cm³/mol. The number of nitrogens with one attached hydrogen (secondary N) is 2. The standard InChI is InChI=1S/C14H18N2O3/c1-3-15-14(19)16-10(2)12-7-4-11(5-8-12)6-9-13(17)18/h4-10H,3H2,1-2H3,(H,17,18)(H2,15,16,19). The zero-order valence-corrected chi connectivity index (χ0v) is 11.0. The van der Waals surface area contributed by atoms with Gasteiger partial charge in [0.15, 0.2) is 0 Å². The third kappa shape index (κ3) is 5.25. The average Bonchev–Trinajstić information content (AvgIpc) is 2.37. The molecule has 0 aliphatic heterocycles. The van der Waals surface area contributed by atoms with Crippen LogP contribution in [0.4, 0.5) is 4.79 Å². The van der Waals surface area contributed by atoms with E-state index in [1.807, 2.05) is 38.1 Å².